The largest absolute Gasteiger partial charge is 0.472 e. The van der Waals surface area contributed by atoms with Crippen molar-refractivity contribution in [2.24, 2.45) is 11.8 Å². The summed E-state index contributed by atoms with van der Waals surface area (Å²) in [5.41, 5.74) is 0. The van der Waals surface area contributed by atoms with Crippen LogP contribution < -0.4 is 0 Å². The van der Waals surface area contributed by atoms with Crippen LogP contribution in [0.3, 0.4) is 0 Å². The minimum absolute atomic E-state index is 0.108. The van der Waals surface area contributed by atoms with Gasteiger partial charge in [0.05, 0.1) is 26.4 Å². The Balaban J connectivity index is 5.24. The molecule has 0 aliphatic rings. The number of hydrogen-bond acceptors (Lipinski definition) is 15. The molecule has 0 aliphatic heterocycles. The Morgan fingerprint density at radius 2 is 0.434 bits per heavy atom. The molecule has 0 radical (unpaired) electrons. The van der Waals surface area contributed by atoms with Crippen molar-refractivity contribution in [2.75, 3.05) is 39.6 Å². The van der Waals surface area contributed by atoms with E-state index in [2.05, 4.69) is 41.5 Å². The predicted molar refractivity (Wildman–Crippen MR) is 437 cm³/mol. The lowest BCUT2D eigenvalue weighted by molar-refractivity contribution is -0.161. The number of unbranched alkanes of at least 4 members (excludes halogenated alkanes) is 56. The summed E-state index contributed by atoms with van der Waals surface area (Å²) in [6.45, 7) is 9.67. The highest BCUT2D eigenvalue weighted by molar-refractivity contribution is 7.47. The Bertz CT molecular complexity index is 2030. The van der Waals surface area contributed by atoms with Crippen LogP contribution in [0.5, 0.6) is 0 Å². The summed E-state index contributed by atoms with van der Waals surface area (Å²) in [7, 11) is -9.93. The second-order valence-corrected chi connectivity index (χ2v) is 35.1. The lowest BCUT2D eigenvalue weighted by Gasteiger charge is -2.21. The molecule has 5 atom stereocenters. The molecule has 2 unspecified atom stereocenters. The van der Waals surface area contributed by atoms with Gasteiger partial charge in [-0.15, -0.1) is 0 Å². The van der Waals surface area contributed by atoms with Gasteiger partial charge >= 0.3 is 39.5 Å². The third-order valence-electron chi connectivity index (χ3n) is 20.5. The molecule has 0 aromatic carbocycles. The van der Waals surface area contributed by atoms with Gasteiger partial charge in [0.15, 0.2) is 12.2 Å². The van der Waals surface area contributed by atoms with Gasteiger partial charge in [0.25, 0.3) is 0 Å². The van der Waals surface area contributed by atoms with Crippen LogP contribution in [-0.2, 0) is 65.4 Å². The highest BCUT2D eigenvalue weighted by Gasteiger charge is 2.30. The predicted octanol–water partition coefficient (Wildman–Crippen LogP) is 26.6. The number of hydrogen-bond donors (Lipinski definition) is 3. The summed E-state index contributed by atoms with van der Waals surface area (Å²) in [5, 5.41) is 10.7. The van der Waals surface area contributed by atoms with Crippen LogP contribution in [0, 0.1) is 11.8 Å². The van der Waals surface area contributed by atoms with Crippen molar-refractivity contribution in [3.8, 4) is 0 Å². The number of aliphatic hydroxyl groups excluding tert-OH is 1. The molecule has 0 saturated carbocycles. The summed E-state index contributed by atoms with van der Waals surface area (Å²) in [6.07, 6.45) is 70.9. The Morgan fingerprint density at radius 3 is 0.642 bits per heavy atom. The molecule has 0 bridgehead atoms. The van der Waals surface area contributed by atoms with Crippen molar-refractivity contribution in [2.45, 2.75) is 484 Å². The van der Waals surface area contributed by atoms with Crippen molar-refractivity contribution in [3.05, 3.63) is 0 Å². The number of esters is 4. The quantitative estimate of drug-likeness (QED) is 0.0222. The maximum absolute atomic E-state index is 13.2. The van der Waals surface area contributed by atoms with Gasteiger partial charge in [0.1, 0.15) is 19.3 Å². The molecule has 0 heterocycles. The summed E-state index contributed by atoms with van der Waals surface area (Å²) in [5.74, 6) is -0.568. The standard InChI is InChI=1S/C87H170O17P2/c1-7-9-11-13-15-17-19-21-23-25-26-27-28-29-33-38-42-46-54-60-66-72-86(91)103-82(75-97-84(89)69-63-57-51-44-40-36-34-30-31-35-39-43-49-55-61-67-79(3)4)77-101-105(93,94)99-73-81(88)74-100-106(95,96)102-78-83(76-98-85(90)70-64-58-52-48-47-50-56-62-68-80(5)6)104-87(92)71-65-59-53-45-41-37-32-24-22-20-18-16-14-12-10-8-2/h79-83,88H,7-78H2,1-6H3,(H,93,94)(H,95,96)/t81-,82-,83-/m1/s1. The van der Waals surface area contributed by atoms with Gasteiger partial charge < -0.3 is 33.8 Å². The zero-order valence-electron chi connectivity index (χ0n) is 69.7. The van der Waals surface area contributed by atoms with Crippen LogP contribution in [0.1, 0.15) is 465 Å². The van der Waals surface area contributed by atoms with Gasteiger partial charge in [-0.25, -0.2) is 9.13 Å². The zero-order chi connectivity index (χ0) is 77.8. The fraction of sp³-hybridized carbons (Fsp3) is 0.954. The topological polar surface area (TPSA) is 237 Å². The molecule has 0 rings (SSSR count). The van der Waals surface area contributed by atoms with Gasteiger partial charge in [-0.1, -0.05) is 414 Å². The van der Waals surface area contributed by atoms with Crippen LogP contribution in [0.2, 0.25) is 0 Å². The van der Waals surface area contributed by atoms with E-state index in [9.17, 15) is 43.2 Å². The van der Waals surface area contributed by atoms with Crippen LogP contribution in [0.15, 0.2) is 0 Å². The number of phosphoric acid groups is 2. The van der Waals surface area contributed by atoms with Crippen LogP contribution in [0.25, 0.3) is 0 Å². The average molecular weight is 1550 g/mol. The first-order chi connectivity index (χ1) is 51.4. The molecular formula is C87H170O17P2. The number of phosphoric ester groups is 2. The molecule has 19 heteroatoms. The van der Waals surface area contributed by atoms with E-state index in [1.807, 2.05) is 0 Å². The van der Waals surface area contributed by atoms with Crippen LogP contribution in [0.4, 0.5) is 0 Å². The first-order valence-corrected chi connectivity index (χ1v) is 48.0. The normalized spacial score (nSPS) is 13.8. The van der Waals surface area contributed by atoms with Crippen molar-refractivity contribution in [1.29, 1.82) is 0 Å². The first-order valence-electron chi connectivity index (χ1n) is 45.0. The molecule has 0 aromatic rings. The number of carbonyl (C=O) groups excluding carboxylic acids is 4. The molecule has 0 saturated heterocycles. The van der Waals surface area contributed by atoms with Gasteiger partial charge in [-0.2, -0.15) is 0 Å². The van der Waals surface area contributed by atoms with E-state index in [-0.39, 0.29) is 25.7 Å². The summed E-state index contributed by atoms with van der Waals surface area (Å²) in [6, 6.07) is 0. The van der Waals surface area contributed by atoms with E-state index < -0.39 is 97.5 Å². The van der Waals surface area contributed by atoms with Crippen molar-refractivity contribution in [3.63, 3.8) is 0 Å². The number of aliphatic hydroxyl groups is 1. The molecule has 0 fully saturated rings. The fourth-order valence-corrected chi connectivity index (χ4v) is 15.2. The lowest BCUT2D eigenvalue weighted by atomic mass is 10.0. The molecule has 106 heavy (non-hydrogen) atoms. The monoisotopic (exact) mass is 1550 g/mol. The molecular weight excluding hydrogens is 1380 g/mol. The van der Waals surface area contributed by atoms with Crippen molar-refractivity contribution in [1.82, 2.24) is 0 Å². The Hall–Kier alpha value is -1.94. The maximum Gasteiger partial charge on any atom is 0.472 e. The Morgan fingerprint density at radius 1 is 0.255 bits per heavy atom. The minimum Gasteiger partial charge on any atom is -0.462 e. The first kappa shape index (κ1) is 104. The van der Waals surface area contributed by atoms with Crippen molar-refractivity contribution >= 4 is 39.5 Å². The van der Waals surface area contributed by atoms with E-state index in [1.165, 1.54) is 283 Å². The Kier molecular flexibility index (Phi) is 76.9. The summed E-state index contributed by atoms with van der Waals surface area (Å²) < 4.78 is 68.9. The summed E-state index contributed by atoms with van der Waals surface area (Å²) >= 11 is 0. The van der Waals surface area contributed by atoms with E-state index in [1.54, 1.807) is 0 Å². The molecule has 0 aliphatic carbocycles. The van der Waals surface area contributed by atoms with E-state index >= 15 is 0 Å². The van der Waals surface area contributed by atoms with E-state index in [4.69, 9.17) is 37.0 Å². The van der Waals surface area contributed by atoms with Crippen molar-refractivity contribution < 1.29 is 80.2 Å². The van der Waals surface area contributed by atoms with Crippen LogP contribution in [-0.4, -0.2) is 96.7 Å². The molecule has 630 valence electrons. The summed E-state index contributed by atoms with van der Waals surface area (Å²) in [4.78, 5) is 73.3. The minimum atomic E-state index is -4.97. The fourth-order valence-electron chi connectivity index (χ4n) is 13.6. The highest BCUT2D eigenvalue weighted by Crippen LogP contribution is 2.45. The van der Waals surface area contributed by atoms with Gasteiger partial charge in [-0.05, 0) is 37.5 Å². The zero-order valence-corrected chi connectivity index (χ0v) is 71.5. The second-order valence-electron chi connectivity index (χ2n) is 32.2. The molecule has 17 nitrogen and oxygen atoms in total. The second kappa shape index (κ2) is 78.3. The molecule has 3 N–H and O–H groups in total. The van der Waals surface area contributed by atoms with Gasteiger partial charge in [-0.3, -0.25) is 37.3 Å². The SMILES string of the molecule is CCCCCCCCCCCCCCCCCCCCCCCC(=O)O[C@H](COC(=O)CCCCCCCCCCCCCCCCCC(C)C)COP(=O)(O)OC[C@@H](O)COP(=O)(O)OC[C@@H](COC(=O)CCCCCCCCCCC(C)C)OC(=O)CCCCCCCCCCCCCCCCCC. The van der Waals surface area contributed by atoms with E-state index in [0.29, 0.717) is 25.7 Å². The van der Waals surface area contributed by atoms with Gasteiger partial charge in [0.2, 0.25) is 0 Å². The molecule has 0 spiro atoms. The molecule has 0 aromatic heterocycles. The number of ether oxygens (including phenoxy) is 4. The molecule has 0 amide bonds. The highest BCUT2D eigenvalue weighted by atomic mass is 31.2. The van der Waals surface area contributed by atoms with Gasteiger partial charge in [0, 0.05) is 25.7 Å². The number of carbonyl (C=O) groups is 4. The van der Waals surface area contributed by atoms with Crippen LogP contribution >= 0.6 is 15.6 Å². The number of rotatable bonds is 86. The van der Waals surface area contributed by atoms with E-state index in [0.717, 1.165) is 102 Å². The maximum atomic E-state index is 13.2. The smallest absolute Gasteiger partial charge is 0.462 e. The third-order valence-corrected chi connectivity index (χ3v) is 22.4. The lowest BCUT2D eigenvalue weighted by Crippen LogP contribution is -2.30. The third kappa shape index (κ3) is 80.1. The average Bonchev–Trinajstić information content (AvgIpc) is 0.903. The Labute approximate surface area is 651 Å².